The fourth-order valence-electron chi connectivity index (χ4n) is 13.5. The summed E-state index contributed by atoms with van der Waals surface area (Å²) in [5, 5.41) is 64.9. The lowest BCUT2D eigenvalue weighted by Gasteiger charge is -2.47. The van der Waals surface area contributed by atoms with Crippen molar-refractivity contribution in [1.29, 1.82) is 0 Å². The molecule has 4 fully saturated rings. The van der Waals surface area contributed by atoms with Crippen molar-refractivity contribution in [2.75, 3.05) is 61.1 Å². The number of aliphatic hydroxyl groups is 5. The number of carbonyl (C=O) groups excluding carboxylic acids is 6. The topological polar surface area (TPSA) is 401 Å². The molecule has 0 spiro atoms. The molecule has 2 aromatic rings. The maximum absolute atomic E-state index is 14.6. The van der Waals surface area contributed by atoms with Gasteiger partial charge in [-0.05, 0) is 137 Å². The van der Waals surface area contributed by atoms with Crippen LogP contribution in [0.2, 0.25) is 0 Å². The van der Waals surface area contributed by atoms with E-state index in [9.17, 15) is 54.3 Å². The molecule has 0 aromatic heterocycles. The molecule has 3 aliphatic carbocycles. The van der Waals surface area contributed by atoms with E-state index in [0.717, 1.165) is 24.4 Å². The molecule has 8 rings (SSSR count). The van der Waals surface area contributed by atoms with E-state index in [1.807, 2.05) is 50.3 Å². The minimum atomic E-state index is -2.23. The first-order valence-electron chi connectivity index (χ1n) is 35.2. The number of likely N-dealkylation sites (N-methyl/N-ethyl adjacent to an activating group) is 1. The number of nitrogens with zero attached hydrogens (tertiary/aromatic N) is 2. The molecule has 34 heteroatoms. The number of nitrogens with one attached hydrogen (secondary N) is 3. The van der Waals surface area contributed by atoms with Crippen LogP contribution in [0, 0.1) is 40.1 Å². The van der Waals surface area contributed by atoms with Gasteiger partial charge in [0.25, 0.3) is 0 Å². The summed E-state index contributed by atoms with van der Waals surface area (Å²) in [6.45, 7) is 16.2. The van der Waals surface area contributed by atoms with Gasteiger partial charge in [-0.25, -0.2) is 10.2 Å². The Bertz CT molecular complexity index is 3800. The molecular weight excluding hydrogens is 1580 g/mol. The minimum Gasteiger partial charge on any atom is -0.494 e. The van der Waals surface area contributed by atoms with Gasteiger partial charge in [-0.1, -0.05) is 70.0 Å². The molecule has 3 aliphatic heterocycles. The largest absolute Gasteiger partial charge is 0.494 e. The Morgan fingerprint density at radius 1 is 0.880 bits per heavy atom. The molecule has 108 heavy (non-hydrogen) atoms. The summed E-state index contributed by atoms with van der Waals surface area (Å²) in [6.07, 6.45) is -12.9. The number of benzene rings is 2. The number of aliphatic hydroxyl groups excluding tert-OH is 4. The number of nitrogens with two attached hydrogens (primary N) is 1. The maximum Gasteiger partial charge on any atom is 0.411 e. The van der Waals surface area contributed by atoms with Crippen molar-refractivity contribution in [2.45, 2.75) is 221 Å². The van der Waals surface area contributed by atoms with Crippen LogP contribution in [0.1, 0.15) is 122 Å². The summed E-state index contributed by atoms with van der Waals surface area (Å²) >= 11 is 2.86. The second-order valence-electron chi connectivity index (χ2n) is 27.3. The number of halogens is 1. The van der Waals surface area contributed by atoms with Gasteiger partial charge >= 0.3 is 6.09 Å². The molecular formula is C74H99IN6O24S3. The molecule has 0 radical (unpaired) electrons. The number of hydrogen-bond acceptors (Lipinski definition) is 29. The Kier molecular flexibility index (Phi) is 32.3. The second-order valence-corrected chi connectivity index (χ2v) is 32.6. The van der Waals surface area contributed by atoms with Crippen LogP contribution in [0.3, 0.4) is 0 Å². The third-order valence-electron chi connectivity index (χ3n) is 19.1. The summed E-state index contributed by atoms with van der Waals surface area (Å²) in [7, 11) is 9.42. The first-order chi connectivity index (χ1) is 51.3. The quantitative estimate of drug-likeness (QED) is 0.0117. The van der Waals surface area contributed by atoms with E-state index in [4.69, 9.17) is 67.4 Å². The third kappa shape index (κ3) is 21.8. The lowest BCUT2D eigenvalue weighted by molar-refractivity contribution is -0.337. The van der Waals surface area contributed by atoms with Crippen molar-refractivity contribution in [1.82, 2.24) is 21.1 Å². The molecule has 10 N–H and O–H groups in total. The number of carbonyl (C=O) groups is 6. The predicted molar refractivity (Wildman–Crippen MR) is 408 cm³/mol. The van der Waals surface area contributed by atoms with Crippen molar-refractivity contribution >= 4 is 96.4 Å². The van der Waals surface area contributed by atoms with Crippen LogP contribution in [0.25, 0.3) is 0 Å². The Hall–Kier alpha value is -6.11. The summed E-state index contributed by atoms with van der Waals surface area (Å²) in [6, 6.07) is 5.38. The van der Waals surface area contributed by atoms with Gasteiger partial charge in [0, 0.05) is 75.0 Å². The molecule has 4 amide bonds. The maximum atomic E-state index is 14.6. The predicted octanol–water partition coefficient (Wildman–Crippen LogP) is 5.19. The van der Waals surface area contributed by atoms with Crippen LogP contribution < -0.4 is 40.9 Å². The number of amides is 4. The van der Waals surface area contributed by atoms with Crippen LogP contribution in [-0.4, -0.2) is 246 Å². The average Bonchev–Trinajstić information content (AvgIpc) is 0.755. The number of primary amides is 1. The lowest BCUT2D eigenvalue weighted by Crippen LogP contribution is -2.65. The van der Waals surface area contributed by atoms with Crippen LogP contribution in [0.5, 0.6) is 23.0 Å². The Balaban J connectivity index is 1.02. The van der Waals surface area contributed by atoms with E-state index in [1.165, 1.54) is 69.1 Å². The molecule has 594 valence electrons. The molecule has 2 aromatic carbocycles. The van der Waals surface area contributed by atoms with Crippen LogP contribution >= 0.6 is 55.9 Å². The van der Waals surface area contributed by atoms with E-state index in [-0.39, 0.29) is 102 Å². The van der Waals surface area contributed by atoms with Crippen molar-refractivity contribution in [3.63, 3.8) is 0 Å². The number of fused-ring (bicyclic) bond motifs is 2. The summed E-state index contributed by atoms with van der Waals surface area (Å²) in [4.78, 5) is 87.6. The van der Waals surface area contributed by atoms with E-state index in [0.29, 0.717) is 40.2 Å². The highest BCUT2D eigenvalue weighted by Gasteiger charge is 2.53. The fraction of sp³-hybridized carbons (Fsp3) is 0.608. The van der Waals surface area contributed by atoms with Gasteiger partial charge in [-0.15, -0.1) is 0 Å². The number of ketones is 1. The van der Waals surface area contributed by atoms with Gasteiger partial charge in [0.2, 0.25) is 28.6 Å². The number of alkyl carbamates (subject to hydrolysis) is 1. The number of rotatable bonds is 31. The minimum absolute atomic E-state index is 0.0177. The smallest absolute Gasteiger partial charge is 0.411 e. The molecule has 1 saturated carbocycles. The molecule has 30 nitrogen and oxygen atoms in total. The van der Waals surface area contributed by atoms with Crippen LogP contribution in [0.15, 0.2) is 64.4 Å². The average molecular weight is 1680 g/mol. The number of hydrogen-bond donors (Lipinski definition) is 9. The zero-order valence-corrected chi connectivity index (χ0v) is 67.4. The van der Waals surface area contributed by atoms with E-state index < -0.39 is 143 Å². The van der Waals surface area contributed by atoms with Crippen molar-refractivity contribution < 1.29 is 116 Å². The van der Waals surface area contributed by atoms with E-state index >= 15 is 0 Å². The van der Waals surface area contributed by atoms with Gasteiger partial charge in [0.1, 0.15) is 42.4 Å². The zero-order valence-electron chi connectivity index (χ0n) is 62.8. The van der Waals surface area contributed by atoms with Crippen molar-refractivity contribution in [3.8, 4) is 46.7 Å². The van der Waals surface area contributed by atoms with Gasteiger partial charge < -0.3 is 93.0 Å². The number of hydroxylamine groups is 1. The van der Waals surface area contributed by atoms with Crippen molar-refractivity contribution in [3.05, 3.63) is 79.6 Å². The first kappa shape index (κ1) is 87.5. The Morgan fingerprint density at radius 2 is 1.59 bits per heavy atom. The summed E-state index contributed by atoms with van der Waals surface area (Å²) in [5.74, 6) is 10.5. The molecule has 0 unspecified atom stereocenters. The highest BCUT2D eigenvalue weighted by Crippen LogP contribution is 2.50. The molecule has 6 aliphatic rings. The van der Waals surface area contributed by atoms with E-state index in [1.54, 1.807) is 62.9 Å². The third-order valence-corrected chi connectivity index (χ3v) is 24.9. The Labute approximate surface area is 654 Å². The van der Waals surface area contributed by atoms with Gasteiger partial charge in [-0.3, -0.25) is 34.1 Å². The molecule has 3 saturated heterocycles. The van der Waals surface area contributed by atoms with Crippen molar-refractivity contribution in [2.24, 2.45) is 16.8 Å². The normalized spacial score (nSPS) is 30.7. The number of hydrazone groups is 1. The zero-order chi connectivity index (χ0) is 79.1. The standard InChI is InChI=1S/C74H99IN6O24S3/c1-15-81(42(7)82)46-36-99-54(33-50(46)93-10)104-67-63(89)59(80-105-55-32-47(83)69(41(6)100-55)107-70(90)56-38(3)58(75)65(68(96-13)64(56)94-11)102-51-31-37(2)61(87)66(95-12)62(51)88)40(5)101-71(67)103-49-21-18-16-17-19-28-74(92)34-48(84)60(77-72(91)97-14)57(49)45(74)27-30-106-108-73(8,9)35-53(86)79-78-39(4)43-23-25-44(26-24-43)98-29-20-22-52(76)85/h16-17,23-27,37,40-41,46-47,49-51,54-55,59,61-63,66-67,69,71,80,83,87-89,92H,15,20,22,29-36H2,1-14H3,(H2,76,85)(H,77,91)(H,79,86)/b17-16-,45-27+,78-39+/t37-,40-,41-,46+,47+,49-,50+,51-,54+,55+,59-,61+,62+,63+,66-,67-,69-,71+,74+/m1/s1. The number of Topliss-reactive ketones (excluding diaryl/α,β-unsaturated/α-hetero) is 1. The molecule has 2 bridgehead atoms. The lowest BCUT2D eigenvalue weighted by atomic mass is 9.75. The highest BCUT2D eigenvalue weighted by molar-refractivity contribution is 14.1. The van der Waals surface area contributed by atoms with Gasteiger partial charge in [0.05, 0.1) is 109 Å². The fourth-order valence-corrected chi connectivity index (χ4v) is 17.6. The van der Waals surface area contributed by atoms with E-state index in [2.05, 4.69) is 45.0 Å². The summed E-state index contributed by atoms with van der Waals surface area (Å²) in [5.41, 5.74) is 9.94. The Morgan fingerprint density at radius 3 is 2.24 bits per heavy atom. The van der Waals surface area contributed by atoms with Crippen LogP contribution in [-0.2, 0) is 61.9 Å². The number of ether oxygens (including phenoxy) is 12. The second kappa shape index (κ2) is 39.9. The van der Waals surface area contributed by atoms with Gasteiger partial charge in [-0.2, -0.15) is 10.6 Å². The number of methoxy groups -OCH3 is 5. The SMILES string of the molecule is CCN(C(C)=O)[C@H]1CO[C@@H](O[C@H]2[C@H](O[C@@H]3C#C/C=C\C#C[C@]4(O)CC(=O)C(NC(=O)OC)=C3/C4=C\CSSC(C)(C)CC(=O)N/N=C(\C)c3ccc(OCCCC(N)=O)cc3)O[C@H](C)[C@@H](NO[C@H]3C[C@H](O)[C@H](SC(=O)c4c(C)c(I)c(O[C@@H]5C[C@@H](C)[C@H](O)[C@@H](OC)[C@H]5O)c(OC)c4OC)[C@@H](C)O3)[C@@H]2O)C[C@@H]1OC. The first-order valence-corrected chi connectivity index (χ1v) is 39.5. The summed E-state index contributed by atoms with van der Waals surface area (Å²) < 4.78 is 72.9. The molecule has 3 heterocycles. The highest BCUT2D eigenvalue weighted by atomic mass is 127. The van der Waals surface area contributed by atoms with Gasteiger partial charge in [0.15, 0.2) is 41.8 Å². The molecule has 19 atom stereocenters. The number of allylic oxidation sites excluding steroid dienone is 3. The number of thioether (sulfide) groups is 1. The van der Waals surface area contributed by atoms with Crippen LogP contribution in [0.4, 0.5) is 4.79 Å². The monoisotopic (exact) mass is 1680 g/mol.